The highest BCUT2D eigenvalue weighted by molar-refractivity contribution is 6.00. The van der Waals surface area contributed by atoms with Crippen molar-refractivity contribution < 1.29 is 38.7 Å². The van der Waals surface area contributed by atoms with Crippen LogP contribution in [0.25, 0.3) is 0 Å². The molecule has 1 aromatic carbocycles. The molecule has 208 valence electrons. The van der Waals surface area contributed by atoms with Gasteiger partial charge in [-0.1, -0.05) is 19.9 Å². The molecule has 1 aromatic rings. The summed E-state index contributed by atoms with van der Waals surface area (Å²) in [5, 5.41) is 18.5. The number of rotatable bonds is 10. The van der Waals surface area contributed by atoms with Crippen LogP contribution in [-0.4, -0.2) is 75.0 Å². The Morgan fingerprint density at radius 3 is 2.41 bits per heavy atom. The molecule has 0 aromatic heterocycles. The lowest BCUT2D eigenvalue weighted by molar-refractivity contribution is -0.166. The Morgan fingerprint density at radius 1 is 1.10 bits per heavy atom. The average Bonchev–Trinajstić information content (AvgIpc) is 2.99. The molecule has 2 heterocycles. The maximum absolute atomic E-state index is 13.5. The van der Waals surface area contributed by atoms with Crippen molar-refractivity contribution in [3.05, 3.63) is 42.1 Å². The van der Waals surface area contributed by atoms with Crippen LogP contribution in [0.1, 0.15) is 56.3 Å². The van der Waals surface area contributed by atoms with Gasteiger partial charge in [0.05, 0.1) is 12.5 Å². The van der Waals surface area contributed by atoms with Crippen LogP contribution in [-0.2, 0) is 28.8 Å². The minimum atomic E-state index is -1.32. The first-order valence-corrected chi connectivity index (χ1v) is 12.5. The highest BCUT2D eigenvalue weighted by Crippen LogP contribution is 2.24. The molecule has 0 saturated carbocycles. The third-order valence-corrected chi connectivity index (χ3v) is 6.08. The van der Waals surface area contributed by atoms with Gasteiger partial charge in [-0.2, -0.15) is 0 Å². The van der Waals surface area contributed by atoms with Crippen molar-refractivity contribution in [2.45, 2.75) is 64.1 Å². The van der Waals surface area contributed by atoms with Crippen LogP contribution in [0.15, 0.2) is 36.5 Å². The number of hydrogen-bond donors (Lipinski definition) is 4. The number of amides is 5. The molecule has 2 aliphatic heterocycles. The summed E-state index contributed by atoms with van der Waals surface area (Å²) in [5.74, 6) is -3.86. The number of anilines is 1. The largest absolute Gasteiger partial charge is 0.481 e. The third-order valence-electron chi connectivity index (χ3n) is 6.08. The minimum absolute atomic E-state index is 0.00462. The summed E-state index contributed by atoms with van der Waals surface area (Å²) >= 11 is 0. The third kappa shape index (κ3) is 7.49. The highest BCUT2D eigenvalue weighted by Gasteiger charge is 2.43. The SMILES string of the molecule is CC(C)CC(=O)Nc1ccc(C(=O)N[C@H]2CCC(=O)N3C=CC[C@@H](C(=O)N[C@H](C=O)CC(=O)O)N3C2=O)cc1. The fourth-order valence-electron chi connectivity index (χ4n) is 4.22. The zero-order chi connectivity index (χ0) is 28.7. The molecule has 3 atom stereocenters. The molecule has 4 N–H and O–H groups in total. The minimum Gasteiger partial charge on any atom is -0.481 e. The van der Waals surface area contributed by atoms with E-state index in [1.54, 1.807) is 12.1 Å². The van der Waals surface area contributed by atoms with Crippen LogP contribution in [0, 0.1) is 5.92 Å². The fourth-order valence-corrected chi connectivity index (χ4v) is 4.22. The van der Waals surface area contributed by atoms with Crippen molar-refractivity contribution in [2.24, 2.45) is 5.92 Å². The van der Waals surface area contributed by atoms with Gasteiger partial charge in [-0.25, -0.2) is 10.0 Å². The molecule has 1 saturated heterocycles. The van der Waals surface area contributed by atoms with E-state index in [-0.39, 0.29) is 42.9 Å². The number of carboxylic acids is 1. The lowest BCUT2D eigenvalue weighted by atomic mass is 10.1. The Labute approximate surface area is 224 Å². The molecule has 39 heavy (non-hydrogen) atoms. The lowest BCUT2D eigenvalue weighted by Crippen LogP contribution is -2.62. The molecule has 2 aliphatic rings. The number of hydrazine groups is 1. The van der Waals surface area contributed by atoms with E-state index in [9.17, 15) is 33.6 Å². The summed E-state index contributed by atoms with van der Waals surface area (Å²) in [6.45, 7) is 3.84. The van der Waals surface area contributed by atoms with Crippen molar-refractivity contribution in [2.75, 3.05) is 5.32 Å². The predicted molar refractivity (Wildman–Crippen MR) is 136 cm³/mol. The standard InChI is InChI=1S/C26H31N5O8/c1-15(2)12-21(33)27-17-7-5-16(6-8-17)24(37)29-19-9-10-22(34)30-11-3-4-20(31(30)26(19)39)25(38)28-18(14-32)13-23(35)36/h3,5-8,11,14-15,18-20H,4,9-10,12-13H2,1-2H3,(H,27,33)(H,28,38)(H,29,37)(H,35,36)/t18-,19-,20-/m0/s1. The first-order valence-electron chi connectivity index (χ1n) is 12.5. The van der Waals surface area contributed by atoms with Gasteiger partial charge in [0.2, 0.25) is 17.7 Å². The number of carboxylic acid groups (broad SMARTS) is 1. The van der Waals surface area contributed by atoms with Crippen molar-refractivity contribution in [3.8, 4) is 0 Å². The number of aliphatic carboxylic acids is 1. The van der Waals surface area contributed by atoms with Gasteiger partial charge in [-0.05, 0) is 43.0 Å². The van der Waals surface area contributed by atoms with Crippen molar-refractivity contribution in [3.63, 3.8) is 0 Å². The summed E-state index contributed by atoms with van der Waals surface area (Å²) in [4.78, 5) is 86.3. The predicted octanol–water partition coefficient (Wildman–Crippen LogP) is 0.580. The van der Waals surface area contributed by atoms with Gasteiger partial charge in [-0.15, -0.1) is 0 Å². The molecular formula is C26H31N5O8. The van der Waals surface area contributed by atoms with E-state index in [4.69, 9.17) is 5.11 Å². The Bertz CT molecular complexity index is 1180. The summed E-state index contributed by atoms with van der Waals surface area (Å²) < 4.78 is 0. The molecule has 0 aliphatic carbocycles. The summed E-state index contributed by atoms with van der Waals surface area (Å²) in [5.41, 5.74) is 0.724. The van der Waals surface area contributed by atoms with Crippen LogP contribution in [0.2, 0.25) is 0 Å². The number of carbonyl (C=O) groups is 7. The number of aldehydes is 1. The van der Waals surface area contributed by atoms with Crippen LogP contribution in [0.5, 0.6) is 0 Å². The maximum atomic E-state index is 13.5. The van der Waals surface area contributed by atoms with Gasteiger partial charge in [0, 0.05) is 30.3 Å². The van der Waals surface area contributed by atoms with Gasteiger partial charge in [0.25, 0.3) is 11.8 Å². The molecule has 5 amide bonds. The molecule has 0 unspecified atom stereocenters. The molecule has 13 heteroatoms. The van der Waals surface area contributed by atoms with E-state index in [0.717, 1.165) is 10.0 Å². The van der Waals surface area contributed by atoms with E-state index < -0.39 is 54.1 Å². The highest BCUT2D eigenvalue weighted by atomic mass is 16.4. The number of nitrogens with one attached hydrogen (secondary N) is 3. The number of carbonyl (C=O) groups excluding carboxylic acids is 6. The summed E-state index contributed by atoms with van der Waals surface area (Å²) in [6.07, 6.45) is 2.75. The molecule has 13 nitrogen and oxygen atoms in total. The number of nitrogens with zero attached hydrogens (tertiary/aromatic N) is 2. The second kappa shape index (κ2) is 12.8. The van der Waals surface area contributed by atoms with Crippen molar-refractivity contribution in [1.29, 1.82) is 0 Å². The van der Waals surface area contributed by atoms with E-state index in [0.29, 0.717) is 12.1 Å². The number of hydrogen-bond acceptors (Lipinski definition) is 7. The average molecular weight is 542 g/mol. The summed E-state index contributed by atoms with van der Waals surface area (Å²) in [6, 6.07) is 2.39. The van der Waals surface area contributed by atoms with Crippen molar-refractivity contribution in [1.82, 2.24) is 20.7 Å². The molecule has 1 fully saturated rings. The van der Waals surface area contributed by atoms with E-state index in [1.165, 1.54) is 24.4 Å². The van der Waals surface area contributed by atoms with Gasteiger partial charge >= 0.3 is 5.97 Å². The topological polar surface area (TPSA) is 182 Å². The lowest BCUT2D eigenvalue weighted by Gasteiger charge is -2.39. The Kier molecular flexibility index (Phi) is 9.52. The normalized spacial score (nSPS) is 19.6. The van der Waals surface area contributed by atoms with Gasteiger partial charge in [-0.3, -0.25) is 28.8 Å². The smallest absolute Gasteiger partial charge is 0.305 e. The second-order valence-corrected chi connectivity index (χ2v) is 9.69. The van der Waals surface area contributed by atoms with Crippen LogP contribution in [0.4, 0.5) is 5.69 Å². The second-order valence-electron chi connectivity index (χ2n) is 9.69. The Hall–Kier alpha value is -4.55. The Balaban J connectivity index is 1.74. The quantitative estimate of drug-likeness (QED) is 0.310. The zero-order valence-corrected chi connectivity index (χ0v) is 21.6. The zero-order valence-electron chi connectivity index (χ0n) is 21.6. The fraction of sp³-hybridized carbons (Fsp3) is 0.423. The van der Waals surface area contributed by atoms with E-state index in [2.05, 4.69) is 16.0 Å². The number of fused-ring (bicyclic) bond motifs is 1. The van der Waals surface area contributed by atoms with Crippen molar-refractivity contribution >= 4 is 47.5 Å². The first kappa shape index (κ1) is 29.0. The van der Waals surface area contributed by atoms with Crippen LogP contribution < -0.4 is 16.0 Å². The van der Waals surface area contributed by atoms with E-state index >= 15 is 0 Å². The molecule has 0 bridgehead atoms. The monoisotopic (exact) mass is 541 g/mol. The van der Waals surface area contributed by atoms with Gasteiger partial charge in [0.15, 0.2) is 0 Å². The van der Waals surface area contributed by atoms with Crippen LogP contribution >= 0.6 is 0 Å². The number of benzene rings is 1. The molecule has 3 rings (SSSR count). The summed E-state index contributed by atoms with van der Waals surface area (Å²) in [7, 11) is 0. The van der Waals surface area contributed by atoms with E-state index in [1.807, 2.05) is 13.8 Å². The molecule has 0 radical (unpaired) electrons. The van der Waals surface area contributed by atoms with Gasteiger partial charge < -0.3 is 25.9 Å². The first-order chi connectivity index (χ1) is 18.5. The maximum Gasteiger partial charge on any atom is 0.305 e. The Morgan fingerprint density at radius 2 is 1.79 bits per heavy atom. The van der Waals surface area contributed by atoms with Gasteiger partial charge in [0.1, 0.15) is 18.4 Å². The molecule has 0 spiro atoms. The van der Waals surface area contributed by atoms with Crippen LogP contribution in [0.3, 0.4) is 0 Å². The molecular weight excluding hydrogens is 510 g/mol.